The first-order valence-corrected chi connectivity index (χ1v) is 13.2. The van der Waals surface area contributed by atoms with E-state index in [9.17, 15) is 18.8 Å². The number of aromatic nitrogens is 1. The molecule has 1 aromatic heterocycles. The zero-order valence-corrected chi connectivity index (χ0v) is 21.6. The Bertz CT molecular complexity index is 1220. The number of benzene rings is 2. The second kappa shape index (κ2) is 11.1. The van der Waals surface area contributed by atoms with Gasteiger partial charge in [0.05, 0.1) is 18.3 Å². The molecule has 1 aliphatic rings. The molecule has 1 amide bonds. The van der Waals surface area contributed by atoms with Gasteiger partial charge in [0.1, 0.15) is 16.3 Å². The first-order chi connectivity index (χ1) is 17.2. The highest BCUT2D eigenvalue weighted by molar-refractivity contribution is 7.90. The Labute approximate surface area is 214 Å². The fourth-order valence-electron chi connectivity index (χ4n) is 4.47. The van der Waals surface area contributed by atoms with Gasteiger partial charge in [-0.05, 0) is 51.3 Å². The maximum Gasteiger partial charge on any atom is 0.270 e. The zero-order valence-electron chi connectivity index (χ0n) is 20.8. The third-order valence-corrected chi connectivity index (χ3v) is 8.06. The number of pyridine rings is 1. The molecule has 2 N–H and O–H groups in total. The van der Waals surface area contributed by atoms with E-state index >= 15 is 0 Å². The smallest absolute Gasteiger partial charge is 0.270 e. The molecule has 2 aromatic carbocycles. The number of carbonyl (C=O) groups excluding carboxylic acids is 1. The van der Waals surface area contributed by atoms with Gasteiger partial charge in [0.2, 0.25) is 0 Å². The van der Waals surface area contributed by atoms with Crippen molar-refractivity contribution in [2.24, 2.45) is 0 Å². The van der Waals surface area contributed by atoms with Gasteiger partial charge in [0.25, 0.3) is 5.91 Å². The Balaban J connectivity index is 1.75. The van der Waals surface area contributed by atoms with Crippen molar-refractivity contribution in [3.05, 3.63) is 88.9 Å². The molecule has 6 nitrogen and oxygen atoms in total. The number of hydrogen-bond donors (Lipinski definition) is 2. The molecule has 0 radical (unpaired) electrons. The number of hydrogen-bond acceptors (Lipinski definition) is 5. The fraction of sp³-hybridized carbons (Fsp3) is 0.357. The van der Waals surface area contributed by atoms with E-state index in [1.807, 2.05) is 55.4 Å². The SMILES string of the molecule is CC(C)(C)[S@@+]([O-])N1Cc2cc(C(=O)NCc3ccccc3F)nc(-c3ccccc3)c2[C@H]1CCCO. The van der Waals surface area contributed by atoms with E-state index in [0.29, 0.717) is 30.6 Å². The second-order valence-corrected chi connectivity index (χ2v) is 12.1. The summed E-state index contributed by atoms with van der Waals surface area (Å²) in [4.78, 5) is 17.9. The van der Waals surface area contributed by atoms with Crippen LogP contribution < -0.4 is 5.32 Å². The summed E-state index contributed by atoms with van der Waals surface area (Å²) in [5.74, 6) is -0.780. The van der Waals surface area contributed by atoms with E-state index in [0.717, 1.165) is 16.7 Å². The van der Waals surface area contributed by atoms with Crippen molar-refractivity contribution in [3.63, 3.8) is 0 Å². The number of nitrogens with zero attached hydrogens (tertiary/aromatic N) is 2. The summed E-state index contributed by atoms with van der Waals surface area (Å²) in [7, 11) is 0. The van der Waals surface area contributed by atoms with Crippen LogP contribution in [0, 0.1) is 5.82 Å². The Morgan fingerprint density at radius 3 is 2.56 bits per heavy atom. The van der Waals surface area contributed by atoms with Crippen LogP contribution >= 0.6 is 0 Å². The molecule has 0 unspecified atom stereocenters. The summed E-state index contributed by atoms with van der Waals surface area (Å²) in [6, 6.07) is 17.5. The highest BCUT2D eigenvalue weighted by atomic mass is 32.2. The number of nitrogens with one attached hydrogen (secondary N) is 1. The van der Waals surface area contributed by atoms with Crippen molar-refractivity contribution in [2.45, 2.75) is 57.5 Å². The van der Waals surface area contributed by atoms with E-state index in [-0.39, 0.29) is 30.7 Å². The first kappa shape index (κ1) is 26.3. The minimum absolute atomic E-state index is 0.0342. The molecular formula is C28H32FN3O3S. The molecule has 0 saturated carbocycles. The van der Waals surface area contributed by atoms with Gasteiger partial charge in [-0.2, -0.15) is 0 Å². The molecule has 0 spiro atoms. The average molecular weight is 510 g/mol. The number of rotatable bonds is 8. The fourth-order valence-corrected chi connectivity index (χ4v) is 5.87. The maximum atomic E-state index is 14.0. The van der Waals surface area contributed by atoms with Crippen molar-refractivity contribution in [3.8, 4) is 11.3 Å². The predicted octanol–water partition coefficient (Wildman–Crippen LogP) is 4.91. The number of aliphatic hydroxyl groups is 1. The van der Waals surface area contributed by atoms with Gasteiger partial charge >= 0.3 is 0 Å². The molecule has 190 valence electrons. The summed E-state index contributed by atoms with van der Waals surface area (Å²) in [5, 5.41) is 12.3. The largest absolute Gasteiger partial charge is 0.597 e. The van der Waals surface area contributed by atoms with Crippen LogP contribution in [0.4, 0.5) is 4.39 Å². The molecule has 8 heteroatoms. The van der Waals surface area contributed by atoms with Crippen molar-refractivity contribution < 1.29 is 18.8 Å². The molecule has 0 aliphatic carbocycles. The highest BCUT2D eigenvalue weighted by Crippen LogP contribution is 2.45. The van der Waals surface area contributed by atoms with Crippen LogP contribution in [0.5, 0.6) is 0 Å². The van der Waals surface area contributed by atoms with Crippen molar-refractivity contribution >= 4 is 17.3 Å². The molecule has 0 saturated heterocycles. The summed E-state index contributed by atoms with van der Waals surface area (Å²) >= 11 is -1.30. The summed E-state index contributed by atoms with van der Waals surface area (Å²) in [6.07, 6.45) is 1.17. The minimum atomic E-state index is -1.30. The molecule has 0 bridgehead atoms. The van der Waals surface area contributed by atoms with Gasteiger partial charge in [-0.3, -0.25) is 4.79 Å². The van der Waals surface area contributed by atoms with Gasteiger partial charge in [-0.25, -0.2) is 9.37 Å². The minimum Gasteiger partial charge on any atom is -0.597 e. The van der Waals surface area contributed by atoms with Crippen molar-refractivity contribution in [2.75, 3.05) is 6.61 Å². The number of amides is 1. The van der Waals surface area contributed by atoms with Crippen LogP contribution in [-0.2, 0) is 24.5 Å². The van der Waals surface area contributed by atoms with Crippen LogP contribution in [0.15, 0.2) is 60.7 Å². The quantitative estimate of drug-likeness (QED) is 0.421. The number of halogens is 1. The number of fused-ring (bicyclic) bond motifs is 1. The lowest BCUT2D eigenvalue weighted by Gasteiger charge is -2.34. The molecule has 36 heavy (non-hydrogen) atoms. The molecular weight excluding hydrogens is 477 g/mol. The summed E-state index contributed by atoms with van der Waals surface area (Å²) in [6.45, 7) is 6.30. The van der Waals surface area contributed by atoms with Gasteiger partial charge < -0.3 is 15.0 Å². The predicted molar refractivity (Wildman–Crippen MR) is 140 cm³/mol. The zero-order chi connectivity index (χ0) is 25.9. The highest BCUT2D eigenvalue weighted by Gasteiger charge is 2.44. The molecule has 2 heterocycles. The number of carbonyl (C=O) groups is 1. The maximum absolute atomic E-state index is 14.0. The van der Waals surface area contributed by atoms with Crippen molar-refractivity contribution in [1.29, 1.82) is 0 Å². The van der Waals surface area contributed by atoms with E-state index < -0.39 is 22.0 Å². The number of aliphatic hydroxyl groups excluding tert-OH is 1. The van der Waals surface area contributed by atoms with E-state index in [4.69, 9.17) is 4.98 Å². The van der Waals surface area contributed by atoms with Gasteiger partial charge in [0.15, 0.2) is 0 Å². The molecule has 1 aliphatic heterocycles. The van der Waals surface area contributed by atoms with Crippen LogP contribution in [-0.4, -0.2) is 36.2 Å². The Morgan fingerprint density at radius 2 is 1.89 bits per heavy atom. The van der Waals surface area contributed by atoms with Crippen LogP contribution in [0.25, 0.3) is 11.3 Å². The lowest BCUT2D eigenvalue weighted by molar-refractivity contribution is 0.0945. The van der Waals surface area contributed by atoms with Crippen molar-refractivity contribution in [1.82, 2.24) is 14.6 Å². The molecule has 2 atom stereocenters. The average Bonchev–Trinajstić information content (AvgIpc) is 3.23. The van der Waals surface area contributed by atoms with Crippen LogP contribution in [0.2, 0.25) is 0 Å². The third kappa shape index (κ3) is 5.62. The molecule has 0 fully saturated rings. The van der Waals surface area contributed by atoms with E-state index in [1.165, 1.54) is 6.07 Å². The van der Waals surface area contributed by atoms with E-state index in [1.54, 1.807) is 24.3 Å². The molecule has 4 rings (SSSR count). The monoisotopic (exact) mass is 509 g/mol. The summed E-state index contributed by atoms with van der Waals surface area (Å²) < 4.78 is 29.0. The Morgan fingerprint density at radius 1 is 1.19 bits per heavy atom. The Kier molecular flexibility index (Phi) is 8.10. The summed E-state index contributed by atoms with van der Waals surface area (Å²) in [5.41, 5.74) is 3.98. The van der Waals surface area contributed by atoms with Crippen LogP contribution in [0.3, 0.4) is 0 Å². The standard InChI is InChI=1S/C28H32FN3O3S/c1-28(2,3)36(35)32-18-21-16-23(27(34)30-17-20-12-7-8-13-22(20)29)31-26(19-10-5-4-6-11-19)25(21)24(32)14-9-15-33/h4-8,10-13,16,24,33H,9,14-15,17-18H2,1-3H3,(H,30,34)/t24-,36-/m1/s1. The first-order valence-electron chi connectivity index (χ1n) is 12.1. The molecule has 3 aromatic rings. The normalized spacial score (nSPS) is 16.6. The lowest BCUT2D eigenvalue weighted by Crippen LogP contribution is -2.42. The Hall–Kier alpha value is -2.78. The van der Waals surface area contributed by atoms with Gasteiger partial charge in [0, 0.05) is 41.2 Å². The second-order valence-electron chi connectivity index (χ2n) is 9.89. The van der Waals surface area contributed by atoms with Crippen LogP contribution in [0.1, 0.15) is 66.8 Å². The van der Waals surface area contributed by atoms with Gasteiger partial charge in [-0.15, -0.1) is 4.31 Å². The van der Waals surface area contributed by atoms with E-state index in [2.05, 4.69) is 5.32 Å². The topological polar surface area (TPSA) is 88.5 Å². The van der Waals surface area contributed by atoms with Gasteiger partial charge in [-0.1, -0.05) is 48.5 Å². The lowest BCUT2D eigenvalue weighted by atomic mass is 9.95. The third-order valence-electron chi connectivity index (χ3n) is 6.20.